The molecule has 0 radical (unpaired) electrons. The van der Waals surface area contributed by atoms with Crippen molar-refractivity contribution in [3.8, 4) is 0 Å². The van der Waals surface area contributed by atoms with Crippen molar-refractivity contribution in [2.75, 3.05) is 0 Å². The molecular weight excluding hydrogens is 286 g/mol. The molecule has 4 nitrogen and oxygen atoms in total. The fourth-order valence-corrected chi connectivity index (χ4v) is 2.72. The van der Waals surface area contributed by atoms with Gasteiger partial charge < -0.3 is 14.8 Å². The van der Waals surface area contributed by atoms with Crippen LogP contribution in [-0.2, 0) is 11.8 Å². The maximum absolute atomic E-state index is 10.9. The molecule has 1 heterocycles. The first-order chi connectivity index (χ1) is 7.95. The van der Waals surface area contributed by atoms with Crippen molar-refractivity contribution < 1.29 is 15.0 Å². The Morgan fingerprint density at radius 2 is 2.12 bits per heavy atom. The molecule has 0 bridgehead atoms. The number of benzene rings is 1. The molecule has 2 N–H and O–H groups in total. The summed E-state index contributed by atoms with van der Waals surface area (Å²) in [4.78, 5) is 10.9. The van der Waals surface area contributed by atoms with Crippen molar-refractivity contribution in [2.24, 2.45) is 7.05 Å². The molecule has 90 valence electrons. The van der Waals surface area contributed by atoms with E-state index in [2.05, 4.69) is 15.9 Å². The van der Waals surface area contributed by atoms with Gasteiger partial charge in [-0.25, -0.2) is 4.79 Å². The summed E-state index contributed by atoms with van der Waals surface area (Å²) >= 11 is 3.43. The minimum absolute atomic E-state index is 0.455. The summed E-state index contributed by atoms with van der Waals surface area (Å²) in [5, 5.41) is 19.4. The molecule has 5 heteroatoms. The summed E-state index contributed by atoms with van der Waals surface area (Å²) in [5.41, 5.74) is 2.10. The smallest absolute Gasteiger partial charge is 0.337 e. The first-order valence-electron chi connectivity index (χ1n) is 5.09. The van der Waals surface area contributed by atoms with Gasteiger partial charge in [-0.2, -0.15) is 0 Å². The van der Waals surface area contributed by atoms with Gasteiger partial charge in [-0.3, -0.25) is 0 Å². The number of carboxylic acid groups (broad SMARTS) is 1. The molecule has 1 aromatic heterocycles. The van der Waals surface area contributed by atoms with Crippen LogP contribution < -0.4 is 0 Å². The number of halogens is 1. The quantitative estimate of drug-likeness (QED) is 0.894. The Kier molecular flexibility index (Phi) is 2.97. The zero-order valence-corrected chi connectivity index (χ0v) is 11.0. The van der Waals surface area contributed by atoms with Gasteiger partial charge in [-0.05, 0) is 28.9 Å². The molecule has 2 rings (SSSR count). The lowest BCUT2D eigenvalue weighted by Crippen LogP contribution is -2.11. The fourth-order valence-electron chi connectivity index (χ4n) is 2.09. The van der Waals surface area contributed by atoms with E-state index in [1.807, 2.05) is 29.8 Å². The van der Waals surface area contributed by atoms with Gasteiger partial charge >= 0.3 is 5.97 Å². The Morgan fingerprint density at radius 3 is 2.71 bits per heavy atom. The molecule has 0 aliphatic heterocycles. The van der Waals surface area contributed by atoms with E-state index in [4.69, 9.17) is 5.11 Å². The lowest BCUT2D eigenvalue weighted by Gasteiger charge is -2.06. The number of aliphatic hydroxyl groups is 1. The first-order valence-corrected chi connectivity index (χ1v) is 5.88. The number of fused-ring (bicyclic) bond motifs is 1. The Hall–Kier alpha value is -1.33. The van der Waals surface area contributed by atoms with Gasteiger partial charge in [0.05, 0.1) is 5.52 Å². The number of aliphatic hydroxyl groups excluding tert-OH is 1. The van der Waals surface area contributed by atoms with Crippen LogP contribution in [0.1, 0.15) is 17.4 Å². The number of aromatic nitrogens is 1. The van der Waals surface area contributed by atoms with Crippen molar-refractivity contribution in [1.82, 2.24) is 4.57 Å². The molecule has 0 fully saturated rings. The summed E-state index contributed by atoms with van der Waals surface area (Å²) in [6.07, 6.45) is -1.49. The molecule has 17 heavy (non-hydrogen) atoms. The van der Waals surface area contributed by atoms with Crippen LogP contribution in [0.4, 0.5) is 0 Å². The summed E-state index contributed by atoms with van der Waals surface area (Å²) in [5.74, 6) is -1.24. The molecule has 0 saturated carbocycles. The number of hydrogen-bond acceptors (Lipinski definition) is 2. The third-order valence-corrected chi connectivity index (χ3v) is 3.65. The molecule has 1 atom stereocenters. The van der Waals surface area contributed by atoms with Crippen molar-refractivity contribution in [1.29, 1.82) is 0 Å². The SMILES string of the molecule is Cc1c(C(O)C(=O)O)c2cccc(Br)c2n1C. The second-order valence-corrected chi connectivity index (χ2v) is 4.79. The molecule has 0 spiro atoms. The molecule has 0 saturated heterocycles. The predicted molar refractivity (Wildman–Crippen MR) is 68.0 cm³/mol. The highest BCUT2D eigenvalue weighted by atomic mass is 79.9. The lowest BCUT2D eigenvalue weighted by molar-refractivity contribution is -0.146. The Bertz CT molecular complexity index is 603. The third kappa shape index (κ3) is 1.75. The number of nitrogens with zero attached hydrogens (tertiary/aromatic N) is 1. The highest BCUT2D eigenvalue weighted by Crippen LogP contribution is 2.34. The standard InChI is InChI=1S/C12H12BrNO3/c1-6-9(11(15)12(16)17)7-4-3-5-8(13)10(7)14(6)2/h3-5,11,15H,1-2H3,(H,16,17). The largest absolute Gasteiger partial charge is 0.479 e. The van der Waals surface area contributed by atoms with E-state index in [1.54, 1.807) is 6.92 Å². The minimum Gasteiger partial charge on any atom is -0.479 e. The maximum atomic E-state index is 10.9. The van der Waals surface area contributed by atoms with Gasteiger partial charge in [0.15, 0.2) is 6.10 Å². The summed E-state index contributed by atoms with van der Waals surface area (Å²) in [6.45, 7) is 1.80. The topological polar surface area (TPSA) is 62.5 Å². The van der Waals surface area contributed by atoms with Gasteiger partial charge in [0.1, 0.15) is 0 Å². The van der Waals surface area contributed by atoms with Crippen LogP contribution >= 0.6 is 15.9 Å². The predicted octanol–water partition coefficient (Wildman–Crippen LogP) is 2.37. The van der Waals surface area contributed by atoms with Crippen LogP contribution in [0.25, 0.3) is 10.9 Å². The summed E-state index contributed by atoms with van der Waals surface area (Å²) in [7, 11) is 1.85. The van der Waals surface area contributed by atoms with Crippen LogP contribution in [0.3, 0.4) is 0 Å². The molecule has 1 unspecified atom stereocenters. The van der Waals surface area contributed by atoms with E-state index >= 15 is 0 Å². The van der Waals surface area contributed by atoms with E-state index in [-0.39, 0.29) is 0 Å². The highest BCUT2D eigenvalue weighted by Gasteiger charge is 2.24. The van der Waals surface area contributed by atoms with Crippen molar-refractivity contribution in [2.45, 2.75) is 13.0 Å². The number of para-hydroxylation sites is 1. The lowest BCUT2D eigenvalue weighted by atomic mass is 10.1. The number of hydrogen-bond donors (Lipinski definition) is 2. The number of aryl methyl sites for hydroxylation is 1. The monoisotopic (exact) mass is 297 g/mol. The number of rotatable bonds is 2. The third-order valence-electron chi connectivity index (χ3n) is 3.01. The van der Waals surface area contributed by atoms with E-state index in [0.29, 0.717) is 5.56 Å². The van der Waals surface area contributed by atoms with Crippen LogP contribution in [0.15, 0.2) is 22.7 Å². The van der Waals surface area contributed by atoms with E-state index < -0.39 is 12.1 Å². The van der Waals surface area contributed by atoms with Crippen LogP contribution in [0.5, 0.6) is 0 Å². The van der Waals surface area contributed by atoms with Gasteiger partial charge in [0, 0.05) is 28.2 Å². The molecular formula is C12H12BrNO3. The van der Waals surface area contributed by atoms with Gasteiger partial charge in [-0.15, -0.1) is 0 Å². The molecule has 0 aliphatic carbocycles. The Balaban J connectivity index is 2.85. The second kappa shape index (κ2) is 4.16. The molecule has 2 aromatic rings. The fraction of sp³-hybridized carbons (Fsp3) is 0.250. The molecule has 0 amide bonds. The first kappa shape index (κ1) is 12.1. The highest BCUT2D eigenvalue weighted by molar-refractivity contribution is 9.10. The van der Waals surface area contributed by atoms with E-state index in [1.165, 1.54) is 0 Å². The zero-order valence-electron chi connectivity index (χ0n) is 9.44. The Labute approximate surface area is 107 Å². The number of carboxylic acids is 1. The van der Waals surface area contributed by atoms with Crippen molar-refractivity contribution in [3.05, 3.63) is 33.9 Å². The minimum atomic E-state index is -1.49. The summed E-state index contributed by atoms with van der Waals surface area (Å²) in [6, 6.07) is 5.53. The van der Waals surface area contributed by atoms with Crippen molar-refractivity contribution >= 4 is 32.8 Å². The average Bonchev–Trinajstić information content (AvgIpc) is 2.52. The maximum Gasteiger partial charge on any atom is 0.337 e. The van der Waals surface area contributed by atoms with E-state index in [0.717, 1.165) is 21.1 Å². The normalized spacial score (nSPS) is 12.9. The molecule has 1 aromatic carbocycles. The average molecular weight is 298 g/mol. The van der Waals surface area contributed by atoms with Gasteiger partial charge in [0.2, 0.25) is 0 Å². The number of carbonyl (C=O) groups is 1. The zero-order chi connectivity index (χ0) is 12.7. The van der Waals surface area contributed by atoms with E-state index in [9.17, 15) is 9.90 Å². The van der Waals surface area contributed by atoms with Crippen molar-refractivity contribution in [3.63, 3.8) is 0 Å². The van der Waals surface area contributed by atoms with Crippen LogP contribution in [0.2, 0.25) is 0 Å². The van der Waals surface area contributed by atoms with Gasteiger partial charge in [-0.1, -0.05) is 12.1 Å². The number of aliphatic carboxylic acids is 1. The second-order valence-electron chi connectivity index (χ2n) is 3.93. The van der Waals surface area contributed by atoms with Crippen LogP contribution in [-0.4, -0.2) is 20.7 Å². The molecule has 0 aliphatic rings. The van der Waals surface area contributed by atoms with Gasteiger partial charge in [0.25, 0.3) is 0 Å². The summed E-state index contributed by atoms with van der Waals surface area (Å²) < 4.78 is 2.76. The van der Waals surface area contributed by atoms with Crippen LogP contribution in [0, 0.1) is 6.92 Å². The Morgan fingerprint density at radius 1 is 1.47 bits per heavy atom.